The van der Waals surface area contributed by atoms with Crippen LogP contribution in [0.5, 0.6) is 0 Å². The van der Waals surface area contributed by atoms with E-state index in [9.17, 15) is 66.0 Å². The molecule has 0 heterocycles. The summed E-state index contributed by atoms with van der Waals surface area (Å²) < 4.78 is 162. The summed E-state index contributed by atoms with van der Waals surface area (Å²) in [6, 6.07) is 0. The van der Waals surface area contributed by atoms with Gasteiger partial charge >= 0.3 is 153 Å². The second kappa shape index (κ2) is 25.7. The molecule has 0 saturated carbocycles. The molecule has 0 spiro atoms. The molecule has 0 bridgehead atoms. The Kier molecular flexibility index (Phi) is 36.2. The largest absolute Gasteiger partial charge is 1.00 e. The van der Waals surface area contributed by atoms with Crippen molar-refractivity contribution < 1.29 is 192 Å². The van der Waals surface area contributed by atoms with Gasteiger partial charge in [-0.15, -0.1) is 0 Å². The van der Waals surface area contributed by atoms with Crippen molar-refractivity contribution in [3.63, 3.8) is 0 Å². The van der Waals surface area contributed by atoms with Crippen molar-refractivity contribution in [3.8, 4) is 0 Å². The number of carbonyl (C=O) groups is 3. The molecule has 0 aromatic rings. The summed E-state index contributed by atoms with van der Waals surface area (Å²) in [6.45, 7) is -2.79. The van der Waals surface area contributed by atoms with Crippen LogP contribution >= 0.6 is 31.9 Å². The molecular formula is C12H21Br2F6Na3O16S3. The third-order valence-electron chi connectivity index (χ3n) is 2.40. The molecule has 0 aliphatic carbocycles. The van der Waals surface area contributed by atoms with Crippen LogP contribution in [0.25, 0.3) is 0 Å². The van der Waals surface area contributed by atoms with Crippen molar-refractivity contribution in [3.05, 3.63) is 0 Å². The first-order chi connectivity index (χ1) is 17.0. The van der Waals surface area contributed by atoms with Crippen LogP contribution in [-0.4, -0.2) is 113 Å². The first-order valence-electron chi connectivity index (χ1n) is 8.34. The number of halogens is 8. The summed E-state index contributed by atoms with van der Waals surface area (Å²) in [5, 5.41) is 1.22. The number of aliphatic hydroxyl groups excluding tert-OH is 1. The zero-order valence-corrected chi connectivity index (χ0v) is 33.1. The molecule has 16 nitrogen and oxygen atoms in total. The Hall–Kier alpha value is 1.64. The molecule has 0 aromatic heterocycles. The molecule has 0 rings (SSSR count). The van der Waals surface area contributed by atoms with Gasteiger partial charge in [0.2, 0.25) is 0 Å². The number of carbonyl (C=O) groups excluding carboxylic acids is 2. The molecule has 242 valence electrons. The monoisotopic (exact) mass is 858 g/mol. The Bertz CT molecular complexity index is 1140. The van der Waals surface area contributed by atoms with Crippen LogP contribution in [0.15, 0.2) is 0 Å². The van der Waals surface area contributed by atoms with Crippen molar-refractivity contribution in [1.82, 2.24) is 0 Å². The first kappa shape index (κ1) is 59.1. The van der Waals surface area contributed by atoms with Gasteiger partial charge in [-0.3, -0.25) is 23.2 Å². The number of ether oxygens (including phenoxy) is 2. The minimum absolute atomic E-state index is 0. The average Bonchev–Trinajstić information content (AvgIpc) is 2.76. The molecule has 0 atom stereocenters. The van der Waals surface area contributed by atoms with Crippen LogP contribution in [-0.2, 0) is 54.2 Å². The average molecular weight is 860 g/mol. The first-order valence-corrected chi connectivity index (χ1v) is 14.9. The van der Waals surface area contributed by atoms with Gasteiger partial charge in [0.15, 0.2) is 6.61 Å². The zero-order chi connectivity index (χ0) is 32.7. The van der Waals surface area contributed by atoms with Gasteiger partial charge in [0, 0.05) is 0 Å². The second-order valence-corrected chi connectivity index (χ2v) is 11.1. The SMILES string of the molecule is CCOC(=O)C(F)(F)S(=O)(=O)O.O=C(CBr)OCC(F)(F)S(=O)(=O)O.O=C(O)CBr.O=S(=O)(O)C(F)(F)CO.[H-].[H-].[H-].[Na+].[Na+].[Na+]. The summed E-state index contributed by atoms with van der Waals surface area (Å²) in [4.78, 5) is 29.8. The van der Waals surface area contributed by atoms with E-state index in [0.717, 1.165) is 0 Å². The maximum Gasteiger partial charge on any atom is 1.00 e. The van der Waals surface area contributed by atoms with Crippen molar-refractivity contribution in [1.29, 1.82) is 0 Å². The molecule has 0 fully saturated rings. The molecular weight excluding hydrogens is 839 g/mol. The van der Waals surface area contributed by atoms with E-state index in [4.69, 9.17) is 23.9 Å². The normalized spacial score (nSPS) is 11.4. The van der Waals surface area contributed by atoms with Gasteiger partial charge in [-0.05, 0) is 6.92 Å². The predicted octanol–water partition coefficient (Wildman–Crippen LogP) is -8.29. The van der Waals surface area contributed by atoms with Gasteiger partial charge in [0.05, 0.1) is 6.61 Å². The molecule has 0 unspecified atom stereocenters. The Morgan fingerprint density at radius 1 is 0.738 bits per heavy atom. The van der Waals surface area contributed by atoms with Crippen molar-refractivity contribution >= 4 is 80.1 Å². The maximum atomic E-state index is 12.3. The molecule has 0 aromatic carbocycles. The quantitative estimate of drug-likeness (QED) is 0.0449. The van der Waals surface area contributed by atoms with Gasteiger partial charge in [-0.1, -0.05) is 31.9 Å². The van der Waals surface area contributed by atoms with Crippen LogP contribution in [0.4, 0.5) is 26.3 Å². The summed E-state index contributed by atoms with van der Waals surface area (Å²) in [5.74, 6) is -4.17. The fraction of sp³-hybridized carbons (Fsp3) is 0.750. The van der Waals surface area contributed by atoms with Crippen molar-refractivity contribution in [2.24, 2.45) is 0 Å². The number of aliphatic carboxylic acids is 1. The van der Waals surface area contributed by atoms with Crippen LogP contribution < -0.4 is 88.7 Å². The molecule has 0 aliphatic heterocycles. The number of carboxylic acids is 1. The van der Waals surface area contributed by atoms with E-state index < -0.39 is 83.8 Å². The smallest absolute Gasteiger partial charge is 1.00 e. The number of esters is 2. The summed E-state index contributed by atoms with van der Waals surface area (Å²) >= 11 is 5.32. The topological polar surface area (TPSA) is 273 Å². The standard InChI is InChI=1S/C4H5BrF2O5S.C4H6F2O5S.C2H3BrO2.C2H4F2O4S.3Na.3H/c5-1-3(8)12-2-4(6,7)13(9,10)11;1-2-11-3(7)4(5,6)12(8,9)10;3-1-2(4)5;3-2(4,1-5)9(6,7)8;;;;;;/h1-2H2,(H,9,10,11);2H2,1H3,(H,8,9,10);1H2,(H,4,5);5H,1H2,(H,6,7,8);;;;;;/q;;;;3*+1;3*-1. The van der Waals surface area contributed by atoms with Crippen LogP contribution in [0.1, 0.15) is 11.2 Å². The van der Waals surface area contributed by atoms with E-state index in [-0.39, 0.29) is 104 Å². The van der Waals surface area contributed by atoms with E-state index in [0.29, 0.717) is 0 Å². The van der Waals surface area contributed by atoms with Crippen LogP contribution in [0.3, 0.4) is 0 Å². The summed E-state index contributed by atoms with van der Waals surface area (Å²) in [6.07, 6.45) is 0. The van der Waals surface area contributed by atoms with Crippen molar-refractivity contribution in [2.75, 3.05) is 30.5 Å². The van der Waals surface area contributed by atoms with E-state index in [1.165, 1.54) is 6.92 Å². The molecule has 0 saturated heterocycles. The van der Waals surface area contributed by atoms with E-state index >= 15 is 0 Å². The minimum atomic E-state index is -5.73. The Morgan fingerprint density at radius 3 is 1.24 bits per heavy atom. The van der Waals surface area contributed by atoms with Gasteiger partial charge in [-0.25, -0.2) is 4.79 Å². The number of alkyl halides is 8. The van der Waals surface area contributed by atoms with Gasteiger partial charge in [0.25, 0.3) is 0 Å². The van der Waals surface area contributed by atoms with E-state index in [2.05, 4.69) is 41.3 Å². The zero-order valence-electron chi connectivity index (χ0n) is 24.5. The van der Waals surface area contributed by atoms with Crippen LogP contribution in [0, 0.1) is 0 Å². The number of aliphatic hydroxyl groups is 1. The number of hydrogen-bond acceptors (Lipinski definition) is 12. The summed E-state index contributed by atoms with van der Waals surface area (Å²) in [7, 11) is -16.7. The maximum absolute atomic E-state index is 12.3. The fourth-order valence-electron chi connectivity index (χ4n) is 0.680. The Balaban J connectivity index is -0.0000000451. The molecule has 5 N–H and O–H groups in total. The molecule has 42 heavy (non-hydrogen) atoms. The predicted molar refractivity (Wildman–Crippen MR) is 123 cm³/mol. The third kappa shape index (κ3) is 26.8. The Labute approximate surface area is 321 Å². The molecule has 0 radical (unpaired) electrons. The number of rotatable bonds is 10. The van der Waals surface area contributed by atoms with Crippen molar-refractivity contribution in [2.45, 2.75) is 22.7 Å². The minimum Gasteiger partial charge on any atom is -1.00 e. The van der Waals surface area contributed by atoms with Gasteiger partial charge in [-0.2, -0.15) is 51.6 Å². The van der Waals surface area contributed by atoms with E-state index in [1.54, 1.807) is 0 Å². The molecule has 30 heteroatoms. The molecule has 0 amide bonds. The van der Waals surface area contributed by atoms with Gasteiger partial charge < -0.3 is 24.0 Å². The summed E-state index contributed by atoms with van der Waals surface area (Å²) in [5.41, 5.74) is 0. The number of carboxylic acid groups (broad SMARTS) is 1. The second-order valence-electron chi connectivity index (χ2n) is 5.42. The third-order valence-corrected chi connectivity index (χ3v) is 5.91. The molecule has 0 aliphatic rings. The van der Waals surface area contributed by atoms with Gasteiger partial charge in [0.1, 0.15) is 17.3 Å². The van der Waals surface area contributed by atoms with Crippen LogP contribution in [0.2, 0.25) is 0 Å². The Morgan fingerprint density at radius 2 is 1.07 bits per heavy atom. The fourth-order valence-corrected chi connectivity index (χ4v) is 1.48. The number of hydrogen-bond donors (Lipinski definition) is 5. The van der Waals surface area contributed by atoms with E-state index in [1.807, 2.05) is 0 Å².